The molecule has 4 rings (SSSR count). The number of furan rings is 1. The minimum atomic E-state index is -0.882. The molecule has 0 aliphatic rings. The van der Waals surface area contributed by atoms with E-state index < -0.39 is 23.4 Å². The first-order valence-corrected chi connectivity index (χ1v) is 9.53. The predicted octanol–water partition coefficient (Wildman–Crippen LogP) is 7.29. The van der Waals surface area contributed by atoms with E-state index in [2.05, 4.69) is 10.6 Å². The van der Waals surface area contributed by atoms with Crippen molar-refractivity contribution in [2.75, 3.05) is 10.6 Å². The van der Waals surface area contributed by atoms with Crippen LogP contribution in [0.25, 0.3) is 22.1 Å². The number of fused-ring (bicyclic) bond motifs is 1. The average molecular weight is 427 g/mol. The lowest BCUT2D eigenvalue weighted by molar-refractivity contribution is 0.261. The highest BCUT2D eigenvalue weighted by Crippen LogP contribution is 2.42. The summed E-state index contributed by atoms with van der Waals surface area (Å²) in [6, 6.07) is 13.5. The molecular formula is C23H17ClF2N2O2. The van der Waals surface area contributed by atoms with Gasteiger partial charge in [-0.1, -0.05) is 41.9 Å². The van der Waals surface area contributed by atoms with Crippen LogP contribution in [0.1, 0.15) is 11.1 Å². The summed E-state index contributed by atoms with van der Waals surface area (Å²) in [6.45, 7) is 3.85. The van der Waals surface area contributed by atoms with E-state index in [4.69, 9.17) is 16.0 Å². The standard InChI is InChI=1S/C23H17ClF2N2O2/c1-12-10-13(2)21-15(11-12)19(14-6-3-4-7-16(14)24)22(30-21)28-23(29)27-20-17(25)8-5-9-18(20)26/h3-11H,1-2H3,(H2,27,28,29). The maximum absolute atomic E-state index is 13.9. The van der Waals surface area contributed by atoms with Gasteiger partial charge in [0, 0.05) is 16.0 Å². The number of carbonyl (C=O) groups is 1. The molecule has 1 aromatic heterocycles. The van der Waals surface area contributed by atoms with Gasteiger partial charge in [0.05, 0.1) is 5.56 Å². The SMILES string of the molecule is Cc1cc(C)c2oc(NC(=O)Nc3c(F)cccc3F)c(-c3ccccc3Cl)c2c1. The van der Waals surface area contributed by atoms with E-state index in [0.717, 1.165) is 28.6 Å². The van der Waals surface area contributed by atoms with E-state index in [9.17, 15) is 13.6 Å². The molecule has 4 nitrogen and oxygen atoms in total. The Balaban J connectivity index is 1.81. The highest BCUT2D eigenvalue weighted by atomic mass is 35.5. The van der Waals surface area contributed by atoms with Crippen LogP contribution in [-0.4, -0.2) is 6.03 Å². The van der Waals surface area contributed by atoms with Crippen molar-refractivity contribution in [1.82, 2.24) is 0 Å². The van der Waals surface area contributed by atoms with Crippen molar-refractivity contribution in [2.24, 2.45) is 0 Å². The van der Waals surface area contributed by atoms with Crippen LogP contribution in [0.5, 0.6) is 0 Å². The fourth-order valence-corrected chi connectivity index (χ4v) is 3.67. The van der Waals surface area contributed by atoms with E-state index in [1.165, 1.54) is 6.07 Å². The zero-order valence-corrected chi connectivity index (χ0v) is 16.9. The van der Waals surface area contributed by atoms with Gasteiger partial charge in [-0.2, -0.15) is 0 Å². The Morgan fingerprint density at radius 1 is 0.967 bits per heavy atom. The molecule has 0 spiro atoms. The second-order valence-electron chi connectivity index (χ2n) is 6.92. The Labute approximate surface area is 176 Å². The highest BCUT2D eigenvalue weighted by Gasteiger charge is 2.22. The van der Waals surface area contributed by atoms with Gasteiger partial charge in [0.25, 0.3) is 0 Å². The molecule has 0 saturated carbocycles. The van der Waals surface area contributed by atoms with Gasteiger partial charge < -0.3 is 9.73 Å². The summed E-state index contributed by atoms with van der Waals surface area (Å²) in [5, 5.41) is 6.01. The molecule has 7 heteroatoms. The zero-order valence-electron chi connectivity index (χ0n) is 16.1. The Morgan fingerprint density at radius 3 is 2.37 bits per heavy atom. The van der Waals surface area contributed by atoms with Crippen LogP contribution < -0.4 is 10.6 Å². The highest BCUT2D eigenvalue weighted by molar-refractivity contribution is 6.34. The first-order valence-electron chi connectivity index (χ1n) is 9.16. The normalized spacial score (nSPS) is 11.0. The van der Waals surface area contributed by atoms with Crippen LogP contribution in [0.4, 0.5) is 25.1 Å². The first kappa shape index (κ1) is 19.9. The Kier molecular flexibility index (Phi) is 5.18. The number of rotatable bonds is 3. The summed E-state index contributed by atoms with van der Waals surface area (Å²) in [4.78, 5) is 12.5. The summed E-state index contributed by atoms with van der Waals surface area (Å²) in [5.41, 5.74) is 3.19. The molecule has 2 N–H and O–H groups in total. The molecule has 0 bridgehead atoms. The van der Waals surface area contributed by atoms with E-state index in [0.29, 0.717) is 21.7 Å². The molecule has 30 heavy (non-hydrogen) atoms. The average Bonchev–Trinajstić information content (AvgIpc) is 3.03. The van der Waals surface area contributed by atoms with Gasteiger partial charge in [-0.15, -0.1) is 0 Å². The van der Waals surface area contributed by atoms with E-state index in [-0.39, 0.29) is 5.88 Å². The van der Waals surface area contributed by atoms with Crippen LogP contribution in [-0.2, 0) is 0 Å². The maximum Gasteiger partial charge on any atom is 0.326 e. The number of nitrogens with one attached hydrogen (secondary N) is 2. The molecule has 2 amide bonds. The van der Waals surface area contributed by atoms with Gasteiger partial charge in [-0.25, -0.2) is 13.6 Å². The minimum absolute atomic E-state index is 0.126. The molecule has 0 unspecified atom stereocenters. The number of benzene rings is 3. The number of para-hydroxylation sites is 1. The summed E-state index contributed by atoms with van der Waals surface area (Å²) in [7, 11) is 0. The van der Waals surface area contributed by atoms with Crippen molar-refractivity contribution in [3.8, 4) is 11.1 Å². The van der Waals surface area contributed by atoms with Gasteiger partial charge in [-0.05, 0) is 49.2 Å². The Bertz CT molecular complexity index is 1260. The maximum atomic E-state index is 13.9. The Hall–Kier alpha value is -3.38. The van der Waals surface area contributed by atoms with Crippen molar-refractivity contribution in [2.45, 2.75) is 13.8 Å². The van der Waals surface area contributed by atoms with Gasteiger partial charge >= 0.3 is 6.03 Å². The molecule has 0 aliphatic carbocycles. The van der Waals surface area contributed by atoms with Crippen molar-refractivity contribution in [1.29, 1.82) is 0 Å². The summed E-state index contributed by atoms with van der Waals surface area (Å²) >= 11 is 6.41. The van der Waals surface area contributed by atoms with Crippen molar-refractivity contribution < 1.29 is 18.0 Å². The lowest BCUT2D eigenvalue weighted by Crippen LogP contribution is -2.21. The number of amides is 2. The number of halogens is 3. The molecule has 0 atom stereocenters. The third-order valence-corrected chi connectivity index (χ3v) is 5.02. The number of urea groups is 1. The van der Waals surface area contributed by atoms with Crippen molar-refractivity contribution in [3.05, 3.63) is 82.4 Å². The number of anilines is 2. The lowest BCUT2D eigenvalue weighted by atomic mass is 10.0. The molecular weight excluding hydrogens is 410 g/mol. The first-order chi connectivity index (χ1) is 14.3. The molecule has 4 aromatic rings. The van der Waals surface area contributed by atoms with Gasteiger partial charge in [0.15, 0.2) is 0 Å². The fourth-order valence-electron chi connectivity index (χ4n) is 3.44. The quantitative estimate of drug-likeness (QED) is 0.361. The smallest absolute Gasteiger partial charge is 0.326 e. The van der Waals surface area contributed by atoms with Crippen LogP contribution >= 0.6 is 11.6 Å². The fraction of sp³-hybridized carbons (Fsp3) is 0.0870. The Morgan fingerprint density at radius 2 is 1.67 bits per heavy atom. The van der Waals surface area contributed by atoms with Crippen LogP contribution in [0.3, 0.4) is 0 Å². The minimum Gasteiger partial charge on any atom is -0.439 e. The van der Waals surface area contributed by atoms with Crippen molar-refractivity contribution >= 4 is 40.2 Å². The van der Waals surface area contributed by atoms with Crippen LogP contribution in [0.15, 0.2) is 59.0 Å². The molecule has 3 aromatic carbocycles. The van der Waals surface area contributed by atoms with Crippen LogP contribution in [0.2, 0.25) is 5.02 Å². The third kappa shape index (κ3) is 3.62. The number of carbonyl (C=O) groups excluding carboxylic acids is 1. The molecule has 0 saturated heterocycles. The zero-order chi connectivity index (χ0) is 21.4. The van der Waals surface area contributed by atoms with Crippen molar-refractivity contribution in [3.63, 3.8) is 0 Å². The third-order valence-electron chi connectivity index (χ3n) is 4.69. The van der Waals surface area contributed by atoms with E-state index in [1.807, 2.05) is 38.1 Å². The largest absolute Gasteiger partial charge is 0.439 e. The molecule has 0 fully saturated rings. The lowest BCUT2D eigenvalue weighted by Gasteiger charge is -2.10. The topological polar surface area (TPSA) is 54.3 Å². The van der Waals surface area contributed by atoms with Gasteiger partial charge in [-0.3, -0.25) is 5.32 Å². The second kappa shape index (κ2) is 7.80. The summed E-state index contributed by atoms with van der Waals surface area (Å²) in [6.07, 6.45) is 0. The molecule has 0 radical (unpaired) electrons. The number of hydrogen-bond donors (Lipinski definition) is 2. The molecule has 1 heterocycles. The van der Waals surface area contributed by atoms with E-state index >= 15 is 0 Å². The molecule has 152 valence electrons. The monoisotopic (exact) mass is 426 g/mol. The predicted molar refractivity (Wildman–Crippen MR) is 115 cm³/mol. The number of hydrogen-bond acceptors (Lipinski definition) is 2. The van der Waals surface area contributed by atoms with Gasteiger partial charge in [0.2, 0.25) is 5.88 Å². The van der Waals surface area contributed by atoms with Gasteiger partial charge in [0.1, 0.15) is 22.9 Å². The van der Waals surface area contributed by atoms with E-state index in [1.54, 1.807) is 12.1 Å². The van der Waals surface area contributed by atoms with Crippen LogP contribution in [0, 0.1) is 25.5 Å². The summed E-state index contributed by atoms with van der Waals surface area (Å²) in [5.74, 6) is -1.64. The molecule has 0 aliphatic heterocycles. The second-order valence-corrected chi connectivity index (χ2v) is 7.33. The number of aryl methyl sites for hydroxylation is 2. The summed E-state index contributed by atoms with van der Waals surface area (Å²) < 4.78 is 33.7.